The van der Waals surface area contributed by atoms with Crippen LogP contribution < -0.4 is 5.32 Å². The maximum atomic E-state index is 12.5. The Balaban J connectivity index is 0.00000192. The van der Waals surface area contributed by atoms with E-state index in [2.05, 4.69) is 31.9 Å². The molecular weight excluding hydrogens is 464 g/mol. The predicted octanol–water partition coefficient (Wildman–Crippen LogP) is 1.99. The molecule has 0 aliphatic heterocycles. The van der Waals surface area contributed by atoms with Crippen molar-refractivity contribution in [1.82, 2.24) is 25.2 Å². The van der Waals surface area contributed by atoms with Crippen molar-refractivity contribution in [3.63, 3.8) is 0 Å². The number of pyridine rings is 1. The molecule has 0 fully saturated rings. The Morgan fingerprint density at radius 3 is 3.04 bits per heavy atom. The van der Waals surface area contributed by atoms with Crippen molar-refractivity contribution in [1.29, 1.82) is 0 Å². The molecule has 1 amide bonds. The molecule has 0 aliphatic rings. The average molecular weight is 479 g/mol. The third-order valence-electron chi connectivity index (χ3n) is 3.38. The molecule has 1 aromatic carbocycles. The fraction of sp³-hybridized carbons (Fsp3) is 0.267. The first kappa shape index (κ1) is 17.2. The number of nitrogens with one attached hydrogen (secondary N) is 1. The second kappa shape index (κ2) is 7.42. The Bertz CT molecular complexity index is 832. The number of hydrogen-bond acceptors (Lipinski definition) is 5. The quantitative estimate of drug-likeness (QED) is 0.579. The fourth-order valence-corrected chi connectivity index (χ4v) is 2.27. The summed E-state index contributed by atoms with van der Waals surface area (Å²) < 4.78 is 1.57. The van der Waals surface area contributed by atoms with Crippen LogP contribution in [0.1, 0.15) is 29.3 Å². The zero-order chi connectivity index (χ0) is 15.5. The SMILES string of the molecule is CCCn1nnnc1NC(=O)c1c[c-]c2cccnc2c1C.[W]. The second-order valence-electron chi connectivity index (χ2n) is 4.91. The van der Waals surface area contributed by atoms with Crippen LogP contribution in [0.25, 0.3) is 10.9 Å². The molecule has 0 saturated heterocycles. The Labute approximate surface area is 147 Å². The minimum absolute atomic E-state index is 0. The summed E-state index contributed by atoms with van der Waals surface area (Å²) >= 11 is 0. The molecule has 2 heterocycles. The second-order valence-corrected chi connectivity index (χ2v) is 4.91. The summed E-state index contributed by atoms with van der Waals surface area (Å²) in [6.07, 6.45) is 2.58. The van der Waals surface area contributed by atoms with Crippen LogP contribution in [0.4, 0.5) is 5.95 Å². The van der Waals surface area contributed by atoms with Crippen molar-refractivity contribution in [2.45, 2.75) is 26.8 Å². The third kappa shape index (κ3) is 3.45. The molecule has 23 heavy (non-hydrogen) atoms. The average Bonchev–Trinajstić information content (AvgIpc) is 2.95. The number of amides is 1. The van der Waals surface area contributed by atoms with E-state index in [-0.39, 0.29) is 27.0 Å². The van der Waals surface area contributed by atoms with Gasteiger partial charge < -0.3 is 4.98 Å². The third-order valence-corrected chi connectivity index (χ3v) is 3.38. The number of benzene rings is 1. The van der Waals surface area contributed by atoms with Crippen LogP contribution in [0.2, 0.25) is 0 Å². The van der Waals surface area contributed by atoms with Gasteiger partial charge in [0.2, 0.25) is 11.9 Å². The van der Waals surface area contributed by atoms with Crippen LogP contribution in [0.3, 0.4) is 0 Å². The molecule has 3 rings (SSSR count). The Morgan fingerprint density at radius 2 is 2.26 bits per heavy atom. The van der Waals surface area contributed by atoms with Crippen molar-refractivity contribution >= 4 is 22.8 Å². The molecule has 2 aromatic heterocycles. The van der Waals surface area contributed by atoms with Gasteiger partial charge in [-0.05, 0) is 27.9 Å². The van der Waals surface area contributed by atoms with Crippen LogP contribution >= 0.6 is 0 Å². The summed E-state index contributed by atoms with van der Waals surface area (Å²) in [5.41, 5.74) is 2.09. The number of rotatable bonds is 4. The molecule has 1 N–H and O–H groups in total. The van der Waals surface area contributed by atoms with Crippen LogP contribution in [0, 0.1) is 13.0 Å². The van der Waals surface area contributed by atoms with Crippen molar-refractivity contribution in [3.05, 3.63) is 41.6 Å². The molecule has 0 aliphatic carbocycles. The maximum absolute atomic E-state index is 12.5. The van der Waals surface area contributed by atoms with Gasteiger partial charge in [0.15, 0.2) is 0 Å². The van der Waals surface area contributed by atoms with Gasteiger partial charge in [0.05, 0.1) is 0 Å². The smallest absolute Gasteiger partial charge is 0.249 e. The summed E-state index contributed by atoms with van der Waals surface area (Å²) in [5.74, 6) is 0.0702. The predicted molar refractivity (Wildman–Crippen MR) is 81.4 cm³/mol. The van der Waals surface area contributed by atoms with Gasteiger partial charge in [0.25, 0.3) is 0 Å². The molecule has 8 heteroatoms. The van der Waals surface area contributed by atoms with Gasteiger partial charge in [-0.2, -0.15) is 0 Å². The van der Waals surface area contributed by atoms with Gasteiger partial charge in [-0.3, -0.25) is 10.1 Å². The Morgan fingerprint density at radius 1 is 1.43 bits per heavy atom. The normalized spacial score (nSPS) is 10.3. The molecule has 0 spiro atoms. The van der Waals surface area contributed by atoms with E-state index >= 15 is 0 Å². The summed E-state index contributed by atoms with van der Waals surface area (Å²) in [6, 6.07) is 8.51. The number of aromatic nitrogens is 5. The van der Waals surface area contributed by atoms with Crippen LogP contribution in [-0.4, -0.2) is 31.1 Å². The Hall–Kier alpha value is -2.14. The molecule has 0 radical (unpaired) electrons. The molecule has 0 unspecified atom stereocenters. The van der Waals surface area contributed by atoms with Crippen molar-refractivity contribution < 1.29 is 25.9 Å². The molecule has 0 bridgehead atoms. The maximum Gasteiger partial charge on any atom is 0.249 e. The van der Waals surface area contributed by atoms with Gasteiger partial charge in [-0.25, -0.2) is 4.68 Å². The number of tetrazole rings is 1. The Kier molecular flexibility index (Phi) is 5.55. The molecule has 7 nitrogen and oxygen atoms in total. The summed E-state index contributed by atoms with van der Waals surface area (Å²) in [6.45, 7) is 4.53. The topological polar surface area (TPSA) is 85.6 Å². The minimum Gasteiger partial charge on any atom is -0.306 e. The van der Waals surface area contributed by atoms with Crippen molar-refractivity contribution in [2.24, 2.45) is 0 Å². The first-order valence-corrected chi connectivity index (χ1v) is 7.04. The number of hydrogen-bond donors (Lipinski definition) is 1. The van der Waals surface area contributed by atoms with Crippen LogP contribution in [-0.2, 0) is 27.6 Å². The van der Waals surface area contributed by atoms with Gasteiger partial charge in [-0.1, -0.05) is 30.6 Å². The van der Waals surface area contributed by atoms with Crippen molar-refractivity contribution in [2.75, 3.05) is 5.32 Å². The summed E-state index contributed by atoms with van der Waals surface area (Å²) in [5, 5.41) is 14.9. The summed E-state index contributed by atoms with van der Waals surface area (Å²) in [4.78, 5) is 16.8. The van der Waals surface area contributed by atoms with E-state index in [1.807, 2.05) is 26.0 Å². The van der Waals surface area contributed by atoms with E-state index in [0.717, 1.165) is 22.9 Å². The van der Waals surface area contributed by atoms with Crippen LogP contribution in [0.15, 0.2) is 24.4 Å². The minimum atomic E-state index is -0.270. The van der Waals surface area contributed by atoms with Gasteiger partial charge in [0, 0.05) is 33.8 Å². The number of aryl methyl sites for hydroxylation is 2. The number of carbonyl (C=O) groups excluding carboxylic acids is 1. The van der Waals surface area contributed by atoms with Gasteiger partial charge in [0.1, 0.15) is 0 Å². The molecule has 0 atom stereocenters. The van der Waals surface area contributed by atoms with E-state index in [9.17, 15) is 4.79 Å². The number of carbonyl (C=O) groups is 1. The van der Waals surface area contributed by atoms with Crippen LogP contribution in [0.5, 0.6) is 0 Å². The number of fused-ring (bicyclic) bond motifs is 1. The monoisotopic (exact) mass is 479 g/mol. The largest absolute Gasteiger partial charge is 0.306 e. The summed E-state index contributed by atoms with van der Waals surface area (Å²) in [7, 11) is 0. The molecule has 0 saturated carbocycles. The van der Waals surface area contributed by atoms with E-state index in [1.165, 1.54) is 0 Å². The molecule has 118 valence electrons. The van der Waals surface area contributed by atoms with E-state index < -0.39 is 0 Å². The zero-order valence-electron chi connectivity index (χ0n) is 12.8. The number of nitrogens with zero attached hydrogens (tertiary/aromatic N) is 5. The fourth-order valence-electron chi connectivity index (χ4n) is 2.27. The van der Waals surface area contributed by atoms with E-state index in [0.29, 0.717) is 18.1 Å². The zero-order valence-corrected chi connectivity index (χ0v) is 15.7. The first-order chi connectivity index (χ1) is 10.7. The van der Waals surface area contributed by atoms with Crippen molar-refractivity contribution in [3.8, 4) is 0 Å². The standard InChI is InChI=1S/C15H15N6O.W/c1-3-9-21-15(18-19-20-21)17-14(22)12-7-6-11-5-4-8-16-13(11)10(12)2;/h4-5,7-8H,3,9H2,1-2H3,(H,17,18,20,22);/q-1;. The van der Waals surface area contributed by atoms with E-state index in [1.54, 1.807) is 16.9 Å². The molecular formula is C15H15N6OW-. The number of anilines is 1. The van der Waals surface area contributed by atoms with Gasteiger partial charge >= 0.3 is 0 Å². The molecule has 3 aromatic rings. The first-order valence-electron chi connectivity index (χ1n) is 7.04. The van der Waals surface area contributed by atoms with E-state index in [4.69, 9.17) is 0 Å². The van der Waals surface area contributed by atoms with Gasteiger partial charge in [-0.15, -0.1) is 23.6 Å².